The van der Waals surface area contributed by atoms with Gasteiger partial charge in [0.05, 0.1) is 17.3 Å². The van der Waals surface area contributed by atoms with Gasteiger partial charge in [-0.3, -0.25) is 4.79 Å². The third-order valence-electron chi connectivity index (χ3n) is 2.75. The molecule has 2 rings (SSSR count). The van der Waals surface area contributed by atoms with E-state index in [2.05, 4.69) is 15.7 Å². The number of hydrogen-bond acceptors (Lipinski definition) is 5. The average Bonchev–Trinajstić information content (AvgIpc) is 2.94. The van der Waals surface area contributed by atoms with Gasteiger partial charge >= 0.3 is 0 Å². The second-order valence-corrected chi connectivity index (χ2v) is 4.68. The Morgan fingerprint density at radius 2 is 2.32 bits per heavy atom. The van der Waals surface area contributed by atoms with Crippen molar-refractivity contribution in [3.63, 3.8) is 0 Å². The van der Waals surface area contributed by atoms with Crippen molar-refractivity contribution in [2.24, 2.45) is 0 Å². The highest BCUT2D eigenvalue weighted by Gasteiger charge is 2.20. The second-order valence-electron chi connectivity index (χ2n) is 3.93. The molecule has 0 saturated carbocycles. The lowest BCUT2D eigenvalue weighted by Gasteiger charge is -2.16. The van der Waals surface area contributed by atoms with Gasteiger partial charge in [0.15, 0.2) is 0 Å². The molecule has 0 aliphatic carbocycles. The number of nitriles is 1. The number of aryl methyl sites for hydroxylation is 1. The molecule has 1 heterocycles. The van der Waals surface area contributed by atoms with Crippen LogP contribution in [-0.4, -0.2) is 22.5 Å². The molecular weight excluding hydrogens is 260 g/mol. The Hall–Kier alpha value is -2.26. The van der Waals surface area contributed by atoms with E-state index in [1.165, 1.54) is 4.90 Å². The minimum absolute atomic E-state index is 0.151. The van der Waals surface area contributed by atoms with Gasteiger partial charge in [0.2, 0.25) is 0 Å². The maximum atomic E-state index is 12.4. The van der Waals surface area contributed by atoms with Crippen LogP contribution in [0, 0.1) is 11.3 Å². The number of amides is 1. The predicted octanol–water partition coefficient (Wildman–Crippen LogP) is 2.25. The van der Waals surface area contributed by atoms with Gasteiger partial charge in [-0.2, -0.15) is 5.26 Å². The molecule has 0 aliphatic heterocycles. The zero-order chi connectivity index (χ0) is 13.8. The van der Waals surface area contributed by atoms with Gasteiger partial charge in [0, 0.05) is 12.7 Å². The fraction of sp³-hybridized carbons (Fsp3) is 0.231. The Kier molecular flexibility index (Phi) is 3.88. The molecule has 0 aliphatic rings. The van der Waals surface area contributed by atoms with Gasteiger partial charge in [-0.05, 0) is 36.2 Å². The summed E-state index contributed by atoms with van der Waals surface area (Å²) in [4.78, 5) is 14.4. The van der Waals surface area contributed by atoms with Crippen LogP contribution >= 0.6 is 11.5 Å². The van der Waals surface area contributed by atoms with E-state index in [-0.39, 0.29) is 5.91 Å². The Morgan fingerprint density at radius 3 is 3.00 bits per heavy atom. The highest BCUT2D eigenvalue weighted by atomic mass is 32.1. The fourth-order valence-corrected chi connectivity index (χ4v) is 2.38. The second kappa shape index (κ2) is 5.59. The molecular formula is C13H12N4OS. The largest absolute Gasteiger partial charge is 0.311 e. The molecule has 0 atom stereocenters. The summed E-state index contributed by atoms with van der Waals surface area (Å²) < 4.78 is 3.82. The molecule has 6 heteroatoms. The van der Waals surface area contributed by atoms with Gasteiger partial charge in [-0.15, -0.1) is 5.10 Å². The number of carbonyl (C=O) groups excluding carboxylic acids is 1. The first-order chi connectivity index (χ1) is 9.17. The highest BCUT2D eigenvalue weighted by molar-refractivity contribution is 7.08. The first kappa shape index (κ1) is 13.2. The van der Waals surface area contributed by atoms with Crippen LogP contribution in [0.25, 0.3) is 0 Å². The summed E-state index contributed by atoms with van der Waals surface area (Å²) in [7, 11) is 1.68. The normalized spacial score (nSPS) is 9.95. The maximum absolute atomic E-state index is 12.4. The zero-order valence-electron chi connectivity index (χ0n) is 10.6. The van der Waals surface area contributed by atoms with Gasteiger partial charge < -0.3 is 4.90 Å². The molecule has 1 amide bonds. The lowest BCUT2D eigenvalue weighted by molar-refractivity contribution is 0.0996. The van der Waals surface area contributed by atoms with Crippen LogP contribution in [0.3, 0.4) is 0 Å². The van der Waals surface area contributed by atoms with E-state index in [9.17, 15) is 4.79 Å². The minimum atomic E-state index is -0.151. The standard InChI is InChI=1S/C13H12N4OS/c1-3-11-12(19-16-15-11)13(18)17(2)10-6-4-5-9(7-10)8-14/h4-7H,3H2,1-2H3. The van der Waals surface area contributed by atoms with Crippen molar-refractivity contribution in [2.75, 3.05) is 11.9 Å². The molecule has 1 aromatic heterocycles. The molecule has 2 aromatic rings. The summed E-state index contributed by atoms with van der Waals surface area (Å²) in [6, 6.07) is 8.98. The summed E-state index contributed by atoms with van der Waals surface area (Å²) in [5, 5.41) is 12.8. The van der Waals surface area contributed by atoms with Crippen molar-refractivity contribution >= 4 is 23.1 Å². The SMILES string of the molecule is CCc1nnsc1C(=O)N(C)c1cccc(C#N)c1. The molecule has 0 radical (unpaired) electrons. The van der Waals surface area contributed by atoms with Gasteiger partial charge in [-0.25, -0.2) is 0 Å². The Bertz CT molecular complexity index is 644. The van der Waals surface area contributed by atoms with E-state index < -0.39 is 0 Å². The number of aromatic nitrogens is 2. The van der Waals surface area contributed by atoms with Gasteiger partial charge in [0.1, 0.15) is 4.88 Å². The molecule has 1 aromatic carbocycles. The van der Waals surface area contributed by atoms with E-state index in [0.717, 1.165) is 11.5 Å². The molecule has 0 unspecified atom stereocenters. The van der Waals surface area contributed by atoms with E-state index in [1.807, 2.05) is 6.92 Å². The number of anilines is 1. The Morgan fingerprint density at radius 1 is 1.53 bits per heavy atom. The molecule has 5 nitrogen and oxygen atoms in total. The molecule has 0 saturated heterocycles. The first-order valence-corrected chi connectivity index (χ1v) is 6.54. The summed E-state index contributed by atoms with van der Waals surface area (Å²) in [6.07, 6.45) is 0.670. The third-order valence-corrected chi connectivity index (χ3v) is 3.51. The van der Waals surface area contributed by atoms with E-state index >= 15 is 0 Å². The number of nitrogens with zero attached hydrogens (tertiary/aromatic N) is 4. The van der Waals surface area contributed by atoms with Crippen molar-refractivity contribution < 1.29 is 4.79 Å². The number of carbonyl (C=O) groups is 1. The van der Waals surface area contributed by atoms with Crippen molar-refractivity contribution in [3.8, 4) is 6.07 Å². The Labute approximate surface area is 115 Å². The topological polar surface area (TPSA) is 69.9 Å². The molecule has 0 fully saturated rings. The molecule has 0 bridgehead atoms. The van der Waals surface area contributed by atoms with E-state index in [4.69, 9.17) is 5.26 Å². The summed E-state index contributed by atoms with van der Waals surface area (Å²) in [6.45, 7) is 1.93. The Balaban J connectivity index is 2.31. The smallest absolute Gasteiger partial charge is 0.271 e. The molecule has 96 valence electrons. The summed E-state index contributed by atoms with van der Waals surface area (Å²) in [5.41, 5.74) is 1.91. The van der Waals surface area contributed by atoms with Crippen molar-refractivity contribution in [2.45, 2.75) is 13.3 Å². The van der Waals surface area contributed by atoms with Gasteiger partial charge in [0.25, 0.3) is 5.91 Å². The van der Waals surface area contributed by atoms with Gasteiger partial charge in [-0.1, -0.05) is 17.5 Å². The quantitative estimate of drug-likeness (QED) is 0.859. The molecule has 19 heavy (non-hydrogen) atoms. The van der Waals surface area contributed by atoms with Crippen LogP contribution in [0.2, 0.25) is 0 Å². The minimum Gasteiger partial charge on any atom is -0.311 e. The lowest BCUT2D eigenvalue weighted by Crippen LogP contribution is -2.26. The van der Waals surface area contributed by atoms with Crippen LogP contribution in [0.1, 0.15) is 27.9 Å². The van der Waals surface area contributed by atoms with Crippen molar-refractivity contribution in [3.05, 3.63) is 40.4 Å². The van der Waals surface area contributed by atoms with Crippen LogP contribution in [-0.2, 0) is 6.42 Å². The van der Waals surface area contributed by atoms with Crippen molar-refractivity contribution in [1.29, 1.82) is 5.26 Å². The molecule has 0 spiro atoms. The monoisotopic (exact) mass is 272 g/mol. The van der Waals surface area contributed by atoms with Crippen molar-refractivity contribution in [1.82, 2.24) is 9.59 Å². The third kappa shape index (κ3) is 2.61. The first-order valence-electron chi connectivity index (χ1n) is 5.76. The maximum Gasteiger partial charge on any atom is 0.271 e. The lowest BCUT2D eigenvalue weighted by atomic mass is 10.2. The van der Waals surface area contributed by atoms with Crippen LogP contribution < -0.4 is 4.90 Å². The zero-order valence-corrected chi connectivity index (χ0v) is 11.4. The number of benzene rings is 1. The summed E-state index contributed by atoms with van der Waals surface area (Å²) >= 11 is 1.10. The predicted molar refractivity (Wildman–Crippen MR) is 73.2 cm³/mol. The molecule has 0 N–H and O–H groups in total. The van der Waals surface area contributed by atoms with E-state index in [1.54, 1.807) is 31.3 Å². The van der Waals surface area contributed by atoms with E-state index in [0.29, 0.717) is 28.2 Å². The van der Waals surface area contributed by atoms with Crippen LogP contribution in [0.4, 0.5) is 5.69 Å². The summed E-state index contributed by atoms with van der Waals surface area (Å²) in [5.74, 6) is -0.151. The number of rotatable bonds is 3. The highest BCUT2D eigenvalue weighted by Crippen LogP contribution is 2.20. The van der Waals surface area contributed by atoms with Crippen LogP contribution in [0.5, 0.6) is 0 Å². The average molecular weight is 272 g/mol. The van der Waals surface area contributed by atoms with Crippen LogP contribution in [0.15, 0.2) is 24.3 Å². The number of hydrogen-bond donors (Lipinski definition) is 0. The fourth-order valence-electron chi connectivity index (χ4n) is 1.66.